The number of hydrogen-bond acceptors (Lipinski definition) is 3. The maximum Gasteiger partial charge on any atom is 0.326 e. The molecule has 0 aromatic carbocycles. The average molecular weight is 241 g/mol. The fourth-order valence-corrected chi connectivity index (χ4v) is 2.17. The van der Waals surface area contributed by atoms with Crippen molar-refractivity contribution in [2.45, 2.75) is 25.8 Å². The molecule has 0 aliphatic rings. The second kappa shape index (κ2) is 5.65. The smallest absolute Gasteiger partial charge is 0.326 e. The van der Waals surface area contributed by atoms with E-state index in [2.05, 4.69) is 0 Å². The van der Waals surface area contributed by atoms with Gasteiger partial charge < -0.3 is 10.0 Å². The normalized spacial score (nSPS) is 12.1. The minimum absolute atomic E-state index is 0.156. The molecule has 1 atom stereocenters. The van der Waals surface area contributed by atoms with Gasteiger partial charge in [-0.3, -0.25) is 4.79 Å². The van der Waals surface area contributed by atoms with E-state index in [1.54, 1.807) is 6.92 Å². The van der Waals surface area contributed by atoms with Gasteiger partial charge in [-0.1, -0.05) is 13.0 Å². The highest BCUT2D eigenvalue weighted by Gasteiger charge is 2.24. The highest BCUT2D eigenvalue weighted by Crippen LogP contribution is 2.12. The molecule has 1 N–H and O–H groups in total. The zero-order chi connectivity index (χ0) is 12.1. The topological polar surface area (TPSA) is 57.6 Å². The Balaban J connectivity index is 2.62. The lowest BCUT2D eigenvalue weighted by Gasteiger charge is -2.23. The average Bonchev–Trinajstić information content (AvgIpc) is 2.70. The first-order valence-electron chi connectivity index (χ1n) is 5.07. The van der Waals surface area contributed by atoms with E-state index >= 15 is 0 Å². The van der Waals surface area contributed by atoms with Gasteiger partial charge in [0, 0.05) is 11.9 Å². The van der Waals surface area contributed by atoms with Gasteiger partial charge in [-0.15, -0.1) is 11.3 Å². The zero-order valence-corrected chi connectivity index (χ0v) is 10.2. The molecule has 0 aliphatic heterocycles. The van der Waals surface area contributed by atoms with Crippen LogP contribution in [0.25, 0.3) is 0 Å². The Kier molecular flexibility index (Phi) is 4.49. The summed E-state index contributed by atoms with van der Waals surface area (Å²) in [6.07, 6.45) is 0.694. The molecular formula is C11H15NO3S. The Bertz CT molecular complexity index is 361. The molecule has 0 radical (unpaired) electrons. The lowest BCUT2D eigenvalue weighted by molar-refractivity contribution is -0.148. The molecular weight excluding hydrogens is 226 g/mol. The Morgan fingerprint density at radius 2 is 2.25 bits per heavy atom. The molecule has 1 amide bonds. The summed E-state index contributed by atoms with van der Waals surface area (Å²) in [4.78, 5) is 24.9. The number of hydrogen-bond donors (Lipinski definition) is 1. The van der Waals surface area contributed by atoms with Gasteiger partial charge in [0.25, 0.3) is 0 Å². The fourth-order valence-electron chi connectivity index (χ4n) is 1.47. The Labute approximate surface area is 98.5 Å². The van der Waals surface area contributed by atoms with E-state index in [1.807, 2.05) is 17.5 Å². The van der Waals surface area contributed by atoms with E-state index < -0.39 is 12.0 Å². The van der Waals surface area contributed by atoms with Gasteiger partial charge in [-0.25, -0.2) is 4.79 Å². The molecule has 0 fully saturated rings. The molecule has 1 heterocycles. The van der Waals surface area contributed by atoms with E-state index in [1.165, 1.54) is 23.3 Å². The number of rotatable bonds is 5. The number of carbonyl (C=O) groups is 2. The van der Waals surface area contributed by atoms with Crippen LogP contribution in [0.2, 0.25) is 0 Å². The molecule has 0 saturated carbocycles. The lowest BCUT2D eigenvalue weighted by atomic mass is 10.2. The van der Waals surface area contributed by atoms with E-state index in [9.17, 15) is 9.59 Å². The number of amides is 1. The molecule has 0 saturated heterocycles. The van der Waals surface area contributed by atoms with Crippen LogP contribution in [-0.4, -0.2) is 35.0 Å². The standard InChI is InChI=1S/C11H15NO3S/c1-3-9(11(14)15)12(2)10(13)7-8-5-4-6-16-8/h4-6,9H,3,7H2,1-2H3,(H,14,15). The molecule has 1 aromatic heterocycles. The molecule has 16 heavy (non-hydrogen) atoms. The number of thiophene rings is 1. The highest BCUT2D eigenvalue weighted by atomic mass is 32.1. The van der Waals surface area contributed by atoms with Crippen molar-refractivity contribution in [3.8, 4) is 0 Å². The van der Waals surface area contributed by atoms with Crippen molar-refractivity contribution in [2.24, 2.45) is 0 Å². The summed E-state index contributed by atoms with van der Waals surface area (Å²) in [5, 5.41) is 10.8. The number of nitrogens with zero attached hydrogens (tertiary/aromatic N) is 1. The quantitative estimate of drug-likeness (QED) is 0.852. The zero-order valence-electron chi connectivity index (χ0n) is 9.34. The van der Waals surface area contributed by atoms with Crippen molar-refractivity contribution in [1.82, 2.24) is 4.90 Å². The molecule has 88 valence electrons. The van der Waals surface area contributed by atoms with E-state index in [0.717, 1.165) is 4.88 Å². The molecule has 1 aromatic rings. The third-order valence-corrected chi connectivity index (χ3v) is 3.31. The summed E-state index contributed by atoms with van der Waals surface area (Å²) in [7, 11) is 1.54. The summed E-state index contributed by atoms with van der Waals surface area (Å²) in [6.45, 7) is 1.76. The lowest BCUT2D eigenvalue weighted by Crippen LogP contribution is -2.42. The summed E-state index contributed by atoms with van der Waals surface area (Å²) >= 11 is 1.50. The number of carbonyl (C=O) groups excluding carboxylic acids is 1. The summed E-state index contributed by atoms with van der Waals surface area (Å²) < 4.78 is 0. The van der Waals surface area contributed by atoms with Crippen molar-refractivity contribution in [3.63, 3.8) is 0 Å². The first-order chi connectivity index (χ1) is 7.56. The van der Waals surface area contributed by atoms with Gasteiger partial charge >= 0.3 is 5.97 Å². The van der Waals surface area contributed by atoms with Crippen molar-refractivity contribution in [3.05, 3.63) is 22.4 Å². The molecule has 0 bridgehead atoms. The molecule has 5 heteroatoms. The maximum absolute atomic E-state index is 11.8. The Hall–Kier alpha value is -1.36. The van der Waals surface area contributed by atoms with Crippen LogP contribution >= 0.6 is 11.3 Å². The third kappa shape index (κ3) is 3.06. The van der Waals surface area contributed by atoms with Crippen LogP contribution in [0.1, 0.15) is 18.2 Å². The van der Waals surface area contributed by atoms with Gasteiger partial charge in [-0.05, 0) is 17.9 Å². The van der Waals surface area contributed by atoms with Crippen LogP contribution in [0.3, 0.4) is 0 Å². The van der Waals surface area contributed by atoms with Gasteiger partial charge in [0.15, 0.2) is 0 Å². The summed E-state index contributed by atoms with van der Waals surface area (Å²) in [5.74, 6) is -1.11. The van der Waals surface area contributed by atoms with Crippen LogP contribution in [0, 0.1) is 0 Å². The van der Waals surface area contributed by atoms with Gasteiger partial charge in [0.1, 0.15) is 6.04 Å². The van der Waals surface area contributed by atoms with Crippen LogP contribution in [0.15, 0.2) is 17.5 Å². The van der Waals surface area contributed by atoms with Crippen molar-refractivity contribution < 1.29 is 14.7 Å². The number of carboxylic acids is 1. The van der Waals surface area contributed by atoms with Gasteiger partial charge in [0.2, 0.25) is 5.91 Å². The third-order valence-electron chi connectivity index (χ3n) is 2.44. The first-order valence-corrected chi connectivity index (χ1v) is 5.95. The summed E-state index contributed by atoms with van der Waals surface area (Å²) in [5.41, 5.74) is 0. The number of likely N-dealkylation sites (N-methyl/N-ethyl adjacent to an activating group) is 1. The number of carboxylic acid groups (broad SMARTS) is 1. The summed E-state index contributed by atoms with van der Waals surface area (Å²) in [6, 6.07) is 3.02. The van der Waals surface area contributed by atoms with Crippen LogP contribution in [0.5, 0.6) is 0 Å². The molecule has 4 nitrogen and oxygen atoms in total. The van der Waals surface area contributed by atoms with Crippen molar-refractivity contribution >= 4 is 23.2 Å². The van der Waals surface area contributed by atoms with Gasteiger partial charge in [0.05, 0.1) is 6.42 Å². The first kappa shape index (κ1) is 12.7. The molecule has 1 unspecified atom stereocenters. The van der Waals surface area contributed by atoms with Crippen molar-refractivity contribution in [1.29, 1.82) is 0 Å². The van der Waals surface area contributed by atoms with Crippen LogP contribution in [-0.2, 0) is 16.0 Å². The SMILES string of the molecule is CCC(C(=O)O)N(C)C(=O)Cc1cccs1. The van der Waals surface area contributed by atoms with E-state index in [-0.39, 0.29) is 12.3 Å². The van der Waals surface area contributed by atoms with Gasteiger partial charge in [-0.2, -0.15) is 0 Å². The van der Waals surface area contributed by atoms with E-state index in [0.29, 0.717) is 6.42 Å². The monoisotopic (exact) mass is 241 g/mol. The molecule has 1 rings (SSSR count). The maximum atomic E-state index is 11.8. The highest BCUT2D eigenvalue weighted by molar-refractivity contribution is 7.10. The minimum atomic E-state index is -0.954. The minimum Gasteiger partial charge on any atom is -0.480 e. The van der Waals surface area contributed by atoms with E-state index in [4.69, 9.17) is 5.11 Å². The van der Waals surface area contributed by atoms with Crippen molar-refractivity contribution in [2.75, 3.05) is 7.05 Å². The predicted octanol–water partition coefficient (Wildman–Crippen LogP) is 1.61. The Morgan fingerprint density at radius 1 is 1.56 bits per heavy atom. The Morgan fingerprint density at radius 3 is 2.69 bits per heavy atom. The second-order valence-corrected chi connectivity index (χ2v) is 4.56. The molecule has 0 spiro atoms. The van der Waals surface area contributed by atoms with Crippen LogP contribution < -0.4 is 0 Å². The fraction of sp³-hybridized carbons (Fsp3) is 0.455. The van der Waals surface area contributed by atoms with Crippen LogP contribution in [0.4, 0.5) is 0 Å². The largest absolute Gasteiger partial charge is 0.480 e. The second-order valence-electron chi connectivity index (χ2n) is 3.52. The molecule has 0 aliphatic carbocycles. The number of aliphatic carboxylic acids is 1. The predicted molar refractivity (Wildman–Crippen MR) is 62.5 cm³/mol.